The van der Waals surface area contributed by atoms with E-state index in [4.69, 9.17) is 0 Å². The van der Waals surface area contributed by atoms with E-state index in [1.165, 1.54) is 0 Å². The quantitative estimate of drug-likeness (QED) is 0.368. The van der Waals surface area contributed by atoms with Gasteiger partial charge in [0.25, 0.3) is 0 Å². The Morgan fingerprint density at radius 2 is 1.18 bits per heavy atom. The molecule has 8 heteroatoms. The van der Waals surface area contributed by atoms with Crippen molar-refractivity contribution in [2.24, 2.45) is 0 Å². The molecule has 0 saturated heterocycles. The van der Waals surface area contributed by atoms with Crippen LogP contribution in [0.2, 0.25) is 0 Å². The summed E-state index contributed by atoms with van der Waals surface area (Å²) in [5.41, 5.74) is 0. The van der Waals surface area contributed by atoms with Gasteiger partial charge in [-0.2, -0.15) is 22.0 Å². The molecule has 0 heterocycles. The highest BCUT2D eigenvalue weighted by Crippen LogP contribution is 2.38. The predicted octanol–water partition coefficient (Wildman–Crippen LogP) is 4.94. The summed E-state index contributed by atoms with van der Waals surface area (Å²) in [5, 5.41) is 0. The lowest BCUT2D eigenvalue weighted by molar-refractivity contribution is -0.284. The van der Waals surface area contributed by atoms with Crippen molar-refractivity contribution >= 4 is 9.84 Å². The van der Waals surface area contributed by atoms with E-state index in [0.29, 0.717) is 6.42 Å². The third-order valence-corrected chi connectivity index (χ3v) is 5.14. The molecule has 0 aliphatic heterocycles. The van der Waals surface area contributed by atoms with Crippen molar-refractivity contribution in [3.8, 4) is 0 Å². The molecule has 0 bridgehead atoms. The normalized spacial score (nSPS) is 13.5. The first-order valence-electron chi connectivity index (χ1n) is 7.46. The first-order valence-corrected chi connectivity index (χ1v) is 9.28. The molecule has 0 saturated carbocycles. The number of unbranched alkanes of at least 4 members (excludes halogenated alkanes) is 6. The molecule has 2 nitrogen and oxygen atoms in total. The van der Waals surface area contributed by atoms with Crippen molar-refractivity contribution in [1.29, 1.82) is 0 Å². The van der Waals surface area contributed by atoms with Gasteiger partial charge in [0.05, 0.1) is 11.5 Å². The summed E-state index contributed by atoms with van der Waals surface area (Å²) in [5.74, 6) is -5.60. The molecule has 0 spiro atoms. The van der Waals surface area contributed by atoms with Crippen LogP contribution >= 0.6 is 0 Å². The molecule has 1 radical (unpaired) electrons. The third-order valence-electron chi connectivity index (χ3n) is 3.32. The first-order chi connectivity index (χ1) is 10.0. The fourth-order valence-electron chi connectivity index (χ4n) is 1.96. The molecule has 0 amide bonds. The van der Waals surface area contributed by atoms with E-state index in [2.05, 4.69) is 6.92 Å². The van der Waals surface area contributed by atoms with Crippen molar-refractivity contribution in [2.45, 2.75) is 69.9 Å². The highest BCUT2D eigenvalue weighted by Gasteiger charge is 2.56. The van der Waals surface area contributed by atoms with Crippen LogP contribution in [0, 0.1) is 6.92 Å². The Morgan fingerprint density at radius 1 is 0.727 bits per heavy atom. The van der Waals surface area contributed by atoms with Crippen LogP contribution in [-0.4, -0.2) is 32.0 Å². The van der Waals surface area contributed by atoms with E-state index in [9.17, 15) is 30.4 Å². The summed E-state index contributed by atoms with van der Waals surface area (Å²) in [6.45, 7) is 3.71. The topological polar surface area (TPSA) is 34.1 Å². The molecule has 0 aliphatic carbocycles. The Bertz CT molecular complexity index is 391. The molecule has 0 rings (SSSR count). The molecular weight excluding hydrogens is 327 g/mol. The van der Waals surface area contributed by atoms with E-state index >= 15 is 0 Å². The first kappa shape index (κ1) is 21.6. The lowest BCUT2D eigenvalue weighted by Gasteiger charge is -2.19. The molecule has 0 N–H and O–H groups in total. The molecule has 0 aromatic carbocycles. The highest BCUT2D eigenvalue weighted by molar-refractivity contribution is 7.91. The fraction of sp³-hybridized carbons (Fsp3) is 0.929. The molecular formula is C14H24F5O2S. The Morgan fingerprint density at radius 3 is 1.68 bits per heavy atom. The van der Waals surface area contributed by atoms with E-state index in [0.717, 1.165) is 38.5 Å². The van der Waals surface area contributed by atoms with E-state index < -0.39 is 40.5 Å². The molecule has 0 fully saturated rings. The van der Waals surface area contributed by atoms with Gasteiger partial charge in [0.15, 0.2) is 0 Å². The number of sulfone groups is 1. The van der Waals surface area contributed by atoms with Crippen LogP contribution in [-0.2, 0) is 9.84 Å². The SMILES string of the molecule is [CH2]CCCCCCCCS(=O)(=O)CCCC(F)(F)C(F)(F)F. The summed E-state index contributed by atoms with van der Waals surface area (Å²) >= 11 is 0. The van der Waals surface area contributed by atoms with Gasteiger partial charge in [-0.05, 0) is 12.8 Å². The number of halogens is 5. The molecule has 0 aliphatic rings. The number of rotatable bonds is 12. The Hall–Kier alpha value is -0.400. The number of hydrogen-bond acceptors (Lipinski definition) is 2. The largest absolute Gasteiger partial charge is 0.453 e. The minimum absolute atomic E-state index is 0.153. The van der Waals surface area contributed by atoms with Crippen molar-refractivity contribution in [1.82, 2.24) is 0 Å². The molecule has 0 unspecified atom stereocenters. The van der Waals surface area contributed by atoms with Crippen LogP contribution in [0.25, 0.3) is 0 Å². The summed E-state index contributed by atoms with van der Waals surface area (Å²) in [4.78, 5) is 0. The predicted molar refractivity (Wildman–Crippen MR) is 76.6 cm³/mol. The maximum atomic E-state index is 12.6. The zero-order valence-electron chi connectivity index (χ0n) is 12.6. The lowest BCUT2D eigenvalue weighted by atomic mass is 10.1. The van der Waals surface area contributed by atoms with Gasteiger partial charge >= 0.3 is 12.1 Å². The van der Waals surface area contributed by atoms with Crippen LogP contribution in [0.4, 0.5) is 22.0 Å². The van der Waals surface area contributed by atoms with Gasteiger partial charge in [0.1, 0.15) is 9.84 Å². The Balaban J connectivity index is 3.88. The Labute approximate surface area is 129 Å². The van der Waals surface area contributed by atoms with Gasteiger partial charge in [-0.25, -0.2) is 8.42 Å². The Kier molecular flexibility index (Phi) is 9.50. The van der Waals surface area contributed by atoms with Crippen LogP contribution < -0.4 is 0 Å². The fourth-order valence-corrected chi connectivity index (χ4v) is 3.40. The standard InChI is InChI=1S/C14H24F5O2S/c1-2-3-4-5-6-7-8-11-22(20,21)12-9-10-13(15,16)14(17,18)19/h1-12H2. The smallest absolute Gasteiger partial charge is 0.229 e. The molecule has 22 heavy (non-hydrogen) atoms. The zero-order chi connectivity index (χ0) is 17.3. The molecule has 133 valence electrons. The maximum absolute atomic E-state index is 12.6. The second-order valence-electron chi connectivity index (χ2n) is 5.43. The lowest BCUT2D eigenvalue weighted by Crippen LogP contribution is -2.36. The molecule has 0 aromatic heterocycles. The summed E-state index contributed by atoms with van der Waals surface area (Å²) in [6, 6.07) is 0. The molecule has 0 aromatic rings. The minimum Gasteiger partial charge on any atom is -0.229 e. The van der Waals surface area contributed by atoms with Crippen LogP contribution in [0.3, 0.4) is 0 Å². The summed E-state index contributed by atoms with van der Waals surface area (Å²) in [7, 11) is -3.56. The van der Waals surface area contributed by atoms with Gasteiger partial charge in [0.2, 0.25) is 0 Å². The van der Waals surface area contributed by atoms with Gasteiger partial charge in [-0.15, -0.1) is 0 Å². The van der Waals surface area contributed by atoms with E-state index in [1.807, 2.05) is 0 Å². The van der Waals surface area contributed by atoms with Crippen molar-refractivity contribution in [3.63, 3.8) is 0 Å². The van der Waals surface area contributed by atoms with Gasteiger partial charge in [-0.3, -0.25) is 0 Å². The summed E-state index contributed by atoms with van der Waals surface area (Å²) < 4.78 is 84.2. The van der Waals surface area contributed by atoms with Crippen LogP contribution in [0.5, 0.6) is 0 Å². The zero-order valence-corrected chi connectivity index (χ0v) is 13.4. The summed E-state index contributed by atoms with van der Waals surface area (Å²) in [6.07, 6.45) is -1.82. The number of hydrogen-bond donors (Lipinski definition) is 0. The van der Waals surface area contributed by atoms with Crippen molar-refractivity contribution in [2.75, 3.05) is 11.5 Å². The van der Waals surface area contributed by atoms with E-state index in [-0.39, 0.29) is 5.75 Å². The monoisotopic (exact) mass is 351 g/mol. The molecule has 0 atom stereocenters. The van der Waals surface area contributed by atoms with Crippen molar-refractivity contribution in [3.05, 3.63) is 6.92 Å². The maximum Gasteiger partial charge on any atom is 0.453 e. The van der Waals surface area contributed by atoms with Crippen LogP contribution in [0.15, 0.2) is 0 Å². The average Bonchev–Trinajstić information content (AvgIpc) is 2.35. The van der Waals surface area contributed by atoms with Gasteiger partial charge in [-0.1, -0.05) is 45.4 Å². The third kappa shape index (κ3) is 9.58. The number of alkyl halides is 5. The van der Waals surface area contributed by atoms with Gasteiger partial charge in [0, 0.05) is 6.42 Å². The minimum atomic E-state index is -5.62. The highest BCUT2D eigenvalue weighted by atomic mass is 32.2. The second-order valence-corrected chi connectivity index (χ2v) is 7.74. The average molecular weight is 351 g/mol. The van der Waals surface area contributed by atoms with Crippen LogP contribution in [0.1, 0.15) is 57.8 Å². The van der Waals surface area contributed by atoms with Crippen molar-refractivity contribution < 1.29 is 30.4 Å². The van der Waals surface area contributed by atoms with E-state index in [1.54, 1.807) is 0 Å². The second kappa shape index (κ2) is 9.67. The van der Waals surface area contributed by atoms with Gasteiger partial charge < -0.3 is 0 Å².